The zero-order valence-electron chi connectivity index (χ0n) is 9.29. The van der Waals surface area contributed by atoms with Crippen LogP contribution < -0.4 is 5.73 Å². The summed E-state index contributed by atoms with van der Waals surface area (Å²) in [5.41, 5.74) is 7.04. The van der Waals surface area contributed by atoms with E-state index in [0.29, 0.717) is 0 Å². The van der Waals surface area contributed by atoms with Gasteiger partial charge in [-0.3, -0.25) is 0 Å². The fourth-order valence-corrected chi connectivity index (χ4v) is 1.68. The number of hydrogen-bond donors (Lipinski definition) is 1. The van der Waals surface area contributed by atoms with Crippen molar-refractivity contribution in [3.05, 3.63) is 34.9 Å². The number of ether oxygens (including phenoxy) is 1. The van der Waals surface area contributed by atoms with Crippen molar-refractivity contribution in [2.75, 3.05) is 13.7 Å². The van der Waals surface area contributed by atoms with Crippen LogP contribution in [0, 0.1) is 0 Å². The highest BCUT2D eigenvalue weighted by Crippen LogP contribution is 2.24. The van der Waals surface area contributed by atoms with Crippen LogP contribution in [-0.2, 0) is 10.3 Å². The molecule has 1 atom stereocenters. The topological polar surface area (TPSA) is 35.2 Å². The maximum Gasteiger partial charge on any atom is 0.0463 e. The minimum absolute atomic E-state index is 0.302. The summed E-state index contributed by atoms with van der Waals surface area (Å²) < 4.78 is 5.02. The largest absolute Gasteiger partial charge is 0.385 e. The van der Waals surface area contributed by atoms with E-state index < -0.39 is 0 Å². The Morgan fingerprint density at radius 3 is 2.47 bits per heavy atom. The van der Waals surface area contributed by atoms with Crippen LogP contribution in [-0.4, -0.2) is 13.7 Å². The van der Waals surface area contributed by atoms with Crippen molar-refractivity contribution in [3.63, 3.8) is 0 Å². The summed E-state index contributed by atoms with van der Waals surface area (Å²) in [5, 5.41) is 0.742. The minimum Gasteiger partial charge on any atom is -0.385 e. The average molecular weight is 228 g/mol. The van der Waals surface area contributed by atoms with E-state index in [0.717, 1.165) is 30.0 Å². The summed E-state index contributed by atoms with van der Waals surface area (Å²) in [6.45, 7) is 2.78. The standard InChI is InChI=1S/C12H18ClNO/c1-12(14,8-3-9-15-2)10-4-6-11(13)7-5-10/h4-7H,3,8-9,14H2,1-2H3. The molecule has 15 heavy (non-hydrogen) atoms. The molecule has 0 saturated carbocycles. The highest BCUT2D eigenvalue weighted by molar-refractivity contribution is 6.30. The van der Waals surface area contributed by atoms with Gasteiger partial charge in [-0.05, 0) is 37.5 Å². The van der Waals surface area contributed by atoms with Gasteiger partial charge in [0.25, 0.3) is 0 Å². The Bertz CT molecular complexity index is 295. The Labute approximate surface area is 96.4 Å². The molecule has 2 nitrogen and oxygen atoms in total. The molecule has 0 aliphatic heterocycles. The van der Waals surface area contributed by atoms with Crippen molar-refractivity contribution < 1.29 is 4.74 Å². The van der Waals surface area contributed by atoms with Gasteiger partial charge >= 0.3 is 0 Å². The van der Waals surface area contributed by atoms with E-state index in [9.17, 15) is 0 Å². The summed E-state index contributed by atoms with van der Waals surface area (Å²) in [6, 6.07) is 7.71. The van der Waals surface area contributed by atoms with Gasteiger partial charge in [0, 0.05) is 24.3 Å². The van der Waals surface area contributed by atoms with Crippen LogP contribution in [0.15, 0.2) is 24.3 Å². The molecule has 84 valence electrons. The second kappa shape index (κ2) is 5.50. The van der Waals surface area contributed by atoms with Crippen molar-refractivity contribution in [2.24, 2.45) is 5.73 Å². The van der Waals surface area contributed by atoms with Gasteiger partial charge < -0.3 is 10.5 Å². The average Bonchev–Trinajstić information content (AvgIpc) is 2.18. The quantitative estimate of drug-likeness (QED) is 0.785. The monoisotopic (exact) mass is 227 g/mol. The first-order valence-electron chi connectivity index (χ1n) is 5.10. The van der Waals surface area contributed by atoms with Gasteiger partial charge in [-0.2, -0.15) is 0 Å². The molecular formula is C12H18ClNO. The zero-order valence-corrected chi connectivity index (χ0v) is 10.1. The predicted octanol–water partition coefficient (Wildman–Crippen LogP) is 2.94. The molecule has 0 fully saturated rings. The first-order valence-corrected chi connectivity index (χ1v) is 5.48. The van der Waals surface area contributed by atoms with Crippen molar-refractivity contribution >= 4 is 11.6 Å². The molecule has 1 aromatic carbocycles. The second-order valence-electron chi connectivity index (χ2n) is 4.02. The second-order valence-corrected chi connectivity index (χ2v) is 4.46. The Balaban J connectivity index is 2.63. The summed E-state index contributed by atoms with van der Waals surface area (Å²) in [7, 11) is 1.70. The lowest BCUT2D eigenvalue weighted by Gasteiger charge is -2.25. The number of benzene rings is 1. The molecule has 0 spiro atoms. The van der Waals surface area contributed by atoms with Gasteiger partial charge in [-0.1, -0.05) is 23.7 Å². The van der Waals surface area contributed by atoms with Crippen LogP contribution in [0.1, 0.15) is 25.3 Å². The van der Waals surface area contributed by atoms with Crippen molar-refractivity contribution in [1.29, 1.82) is 0 Å². The number of methoxy groups -OCH3 is 1. The van der Waals surface area contributed by atoms with Crippen LogP contribution in [0.25, 0.3) is 0 Å². The van der Waals surface area contributed by atoms with Crippen molar-refractivity contribution in [3.8, 4) is 0 Å². The SMILES string of the molecule is COCCCC(C)(N)c1ccc(Cl)cc1. The Morgan fingerprint density at radius 2 is 1.93 bits per heavy atom. The molecule has 0 bridgehead atoms. The fraction of sp³-hybridized carbons (Fsp3) is 0.500. The van der Waals surface area contributed by atoms with Gasteiger partial charge in [0.2, 0.25) is 0 Å². The van der Waals surface area contributed by atoms with E-state index in [1.54, 1.807) is 7.11 Å². The summed E-state index contributed by atoms with van der Waals surface area (Å²) >= 11 is 5.83. The molecule has 3 heteroatoms. The van der Waals surface area contributed by atoms with Crippen LogP contribution in [0.2, 0.25) is 5.02 Å². The van der Waals surface area contributed by atoms with Gasteiger partial charge in [0.15, 0.2) is 0 Å². The van der Waals surface area contributed by atoms with Gasteiger partial charge in [-0.25, -0.2) is 0 Å². The molecule has 0 aromatic heterocycles. The molecule has 1 aromatic rings. The first kappa shape index (κ1) is 12.5. The molecule has 0 heterocycles. The first-order chi connectivity index (χ1) is 7.06. The Morgan fingerprint density at radius 1 is 1.33 bits per heavy atom. The Kier molecular flexibility index (Phi) is 4.58. The molecular weight excluding hydrogens is 210 g/mol. The van der Waals surface area contributed by atoms with E-state index >= 15 is 0 Å². The highest BCUT2D eigenvalue weighted by Gasteiger charge is 2.20. The summed E-state index contributed by atoms with van der Waals surface area (Å²) in [6.07, 6.45) is 1.87. The molecule has 1 rings (SSSR count). The van der Waals surface area contributed by atoms with Gasteiger partial charge in [0.05, 0.1) is 0 Å². The maximum atomic E-state index is 6.23. The number of nitrogens with two attached hydrogens (primary N) is 1. The van der Waals surface area contributed by atoms with Crippen LogP contribution in [0.3, 0.4) is 0 Å². The van der Waals surface area contributed by atoms with Crippen molar-refractivity contribution in [2.45, 2.75) is 25.3 Å². The third kappa shape index (κ3) is 3.82. The van der Waals surface area contributed by atoms with Gasteiger partial charge in [-0.15, -0.1) is 0 Å². The lowest BCUT2D eigenvalue weighted by atomic mass is 9.89. The molecule has 2 N–H and O–H groups in total. The van der Waals surface area contributed by atoms with E-state index in [4.69, 9.17) is 22.1 Å². The molecule has 0 radical (unpaired) electrons. The van der Waals surface area contributed by atoms with Gasteiger partial charge in [0.1, 0.15) is 0 Å². The number of hydrogen-bond acceptors (Lipinski definition) is 2. The summed E-state index contributed by atoms with van der Waals surface area (Å²) in [4.78, 5) is 0. The maximum absolute atomic E-state index is 6.23. The van der Waals surface area contributed by atoms with E-state index in [-0.39, 0.29) is 5.54 Å². The van der Waals surface area contributed by atoms with Crippen LogP contribution in [0.5, 0.6) is 0 Å². The normalized spacial score (nSPS) is 14.9. The van der Waals surface area contributed by atoms with E-state index in [2.05, 4.69) is 0 Å². The zero-order chi connectivity index (χ0) is 11.3. The van der Waals surface area contributed by atoms with E-state index in [1.165, 1.54) is 0 Å². The minimum atomic E-state index is -0.302. The molecule has 0 aliphatic rings. The predicted molar refractivity (Wildman–Crippen MR) is 64.1 cm³/mol. The molecule has 0 aliphatic carbocycles. The number of halogens is 1. The van der Waals surface area contributed by atoms with Crippen molar-refractivity contribution in [1.82, 2.24) is 0 Å². The summed E-state index contributed by atoms with van der Waals surface area (Å²) in [5.74, 6) is 0. The molecule has 1 unspecified atom stereocenters. The molecule has 0 saturated heterocycles. The van der Waals surface area contributed by atoms with Crippen LogP contribution in [0.4, 0.5) is 0 Å². The lowest BCUT2D eigenvalue weighted by Crippen LogP contribution is -2.33. The third-order valence-corrected chi connectivity index (χ3v) is 2.80. The fourth-order valence-electron chi connectivity index (χ4n) is 1.56. The lowest BCUT2D eigenvalue weighted by molar-refractivity contribution is 0.184. The smallest absolute Gasteiger partial charge is 0.0463 e. The Hall–Kier alpha value is -0.570. The third-order valence-electron chi connectivity index (χ3n) is 2.55. The van der Waals surface area contributed by atoms with E-state index in [1.807, 2.05) is 31.2 Å². The number of rotatable bonds is 5. The van der Waals surface area contributed by atoms with Crippen LogP contribution >= 0.6 is 11.6 Å². The highest BCUT2D eigenvalue weighted by atomic mass is 35.5. The molecule has 0 amide bonds.